The molecule has 0 aliphatic heterocycles. The van der Waals surface area contributed by atoms with Gasteiger partial charge in [0.2, 0.25) is 0 Å². The highest BCUT2D eigenvalue weighted by Crippen LogP contribution is 2.20. The van der Waals surface area contributed by atoms with Gasteiger partial charge in [0.1, 0.15) is 6.33 Å². The fourth-order valence-corrected chi connectivity index (χ4v) is 1.51. The smallest absolute Gasteiger partial charge is 0.307 e. The minimum Gasteiger partial charge on any atom is -0.481 e. The van der Waals surface area contributed by atoms with Gasteiger partial charge in [0.05, 0.1) is 12.1 Å². The largest absolute Gasteiger partial charge is 0.481 e. The lowest BCUT2D eigenvalue weighted by molar-refractivity contribution is -0.136. The maximum atomic E-state index is 10.7. The molecule has 0 spiro atoms. The summed E-state index contributed by atoms with van der Waals surface area (Å²) in [6, 6.07) is 9.48. The minimum absolute atomic E-state index is 0.0644. The maximum absolute atomic E-state index is 10.7. The molecule has 1 N–H and O–H groups in total. The number of carbonyl (C=O) groups is 1. The fourth-order valence-electron chi connectivity index (χ4n) is 1.51. The van der Waals surface area contributed by atoms with Gasteiger partial charge in [0.15, 0.2) is 0 Å². The zero-order valence-corrected chi connectivity index (χ0v) is 8.50. The average Bonchev–Trinajstić information content (AvgIpc) is 2.30. The van der Waals surface area contributed by atoms with Crippen molar-refractivity contribution >= 4 is 5.97 Å². The van der Waals surface area contributed by atoms with Crippen molar-refractivity contribution < 1.29 is 9.90 Å². The summed E-state index contributed by atoms with van der Waals surface area (Å²) in [5.74, 6) is -0.882. The van der Waals surface area contributed by atoms with Crippen LogP contribution < -0.4 is 0 Å². The molecule has 0 saturated heterocycles. The molecule has 0 unspecified atom stereocenters. The van der Waals surface area contributed by atoms with E-state index in [0.29, 0.717) is 11.3 Å². The normalized spacial score (nSPS) is 10.0. The summed E-state index contributed by atoms with van der Waals surface area (Å²) in [7, 11) is 0. The van der Waals surface area contributed by atoms with Gasteiger partial charge in [-0.15, -0.1) is 0 Å². The zero-order valence-electron chi connectivity index (χ0n) is 8.50. The van der Waals surface area contributed by atoms with Crippen molar-refractivity contribution in [2.24, 2.45) is 0 Å². The lowest BCUT2D eigenvalue weighted by atomic mass is 10.1. The van der Waals surface area contributed by atoms with Crippen molar-refractivity contribution in [3.63, 3.8) is 0 Å². The minimum atomic E-state index is -0.882. The van der Waals surface area contributed by atoms with E-state index in [4.69, 9.17) is 5.11 Å². The van der Waals surface area contributed by atoms with Crippen LogP contribution in [0.5, 0.6) is 0 Å². The second kappa shape index (κ2) is 4.53. The van der Waals surface area contributed by atoms with Gasteiger partial charge < -0.3 is 5.11 Å². The van der Waals surface area contributed by atoms with Crippen LogP contribution in [-0.4, -0.2) is 21.0 Å². The van der Waals surface area contributed by atoms with E-state index in [9.17, 15) is 4.79 Å². The van der Waals surface area contributed by atoms with E-state index >= 15 is 0 Å². The number of aliphatic carboxylic acids is 1. The Morgan fingerprint density at radius 3 is 2.69 bits per heavy atom. The monoisotopic (exact) mass is 214 g/mol. The van der Waals surface area contributed by atoms with Crippen LogP contribution >= 0.6 is 0 Å². The molecule has 1 aromatic carbocycles. The predicted molar refractivity (Wildman–Crippen MR) is 58.8 cm³/mol. The van der Waals surface area contributed by atoms with E-state index in [1.165, 1.54) is 6.33 Å². The number of hydrogen-bond donors (Lipinski definition) is 1. The molecule has 0 amide bonds. The Labute approximate surface area is 92.6 Å². The summed E-state index contributed by atoms with van der Waals surface area (Å²) in [4.78, 5) is 18.7. The van der Waals surface area contributed by atoms with Crippen molar-refractivity contribution in [2.45, 2.75) is 6.42 Å². The summed E-state index contributed by atoms with van der Waals surface area (Å²) >= 11 is 0. The van der Waals surface area contributed by atoms with E-state index in [-0.39, 0.29) is 6.42 Å². The van der Waals surface area contributed by atoms with Crippen LogP contribution in [0.2, 0.25) is 0 Å². The Kier molecular flexibility index (Phi) is 2.91. The SMILES string of the molecule is O=C(O)Cc1cncnc1-c1ccccc1. The average molecular weight is 214 g/mol. The van der Waals surface area contributed by atoms with Crippen LogP contribution in [0.15, 0.2) is 42.9 Å². The molecule has 0 atom stereocenters. The molecule has 80 valence electrons. The van der Waals surface area contributed by atoms with Gasteiger partial charge in [-0.1, -0.05) is 30.3 Å². The Morgan fingerprint density at radius 2 is 2.00 bits per heavy atom. The Morgan fingerprint density at radius 1 is 1.25 bits per heavy atom. The molecule has 0 aliphatic rings. The second-order valence-electron chi connectivity index (χ2n) is 3.33. The van der Waals surface area contributed by atoms with Crippen LogP contribution in [0, 0.1) is 0 Å². The van der Waals surface area contributed by atoms with Gasteiger partial charge in [-0.2, -0.15) is 0 Å². The first-order valence-corrected chi connectivity index (χ1v) is 4.83. The first kappa shape index (κ1) is 10.3. The predicted octanol–water partition coefficient (Wildman–Crippen LogP) is 1.77. The molecule has 0 saturated carbocycles. The van der Waals surface area contributed by atoms with E-state index in [1.54, 1.807) is 6.20 Å². The van der Waals surface area contributed by atoms with Crippen molar-refractivity contribution in [2.75, 3.05) is 0 Å². The number of carboxylic acid groups (broad SMARTS) is 1. The highest BCUT2D eigenvalue weighted by Gasteiger charge is 2.09. The van der Waals surface area contributed by atoms with Crippen LogP contribution in [-0.2, 0) is 11.2 Å². The molecule has 2 rings (SSSR count). The zero-order chi connectivity index (χ0) is 11.4. The molecule has 0 bridgehead atoms. The summed E-state index contributed by atoms with van der Waals surface area (Å²) < 4.78 is 0. The summed E-state index contributed by atoms with van der Waals surface area (Å²) in [6.45, 7) is 0. The molecule has 4 heteroatoms. The number of nitrogens with zero attached hydrogens (tertiary/aromatic N) is 2. The number of hydrogen-bond acceptors (Lipinski definition) is 3. The third-order valence-electron chi connectivity index (χ3n) is 2.18. The molecule has 16 heavy (non-hydrogen) atoms. The fraction of sp³-hybridized carbons (Fsp3) is 0.0833. The summed E-state index contributed by atoms with van der Waals surface area (Å²) in [6.07, 6.45) is 2.90. The summed E-state index contributed by atoms with van der Waals surface area (Å²) in [5.41, 5.74) is 2.21. The molecule has 4 nitrogen and oxygen atoms in total. The number of rotatable bonds is 3. The maximum Gasteiger partial charge on any atom is 0.307 e. The lowest BCUT2D eigenvalue weighted by Gasteiger charge is -2.05. The third-order valence-corrected chi connectivity index (χ3v) is 2.18. The molecule has 0 radical (unpaired) electrons. The topological polar surface area (TPSA) is 63.1 Å². The van der Waals surface area contributed by atoms with Gasteiger partial charge in [-0.05, 0) is 0 Å². The van der Waals surface area contributed by atoms with Crippen molar-refractivity contribution in [3.8, 4) is 11.3 Å². The highest BCUT2D eigenvalue weighted by molar-refractivity contribution is 5.74. The van der Waals surface area contributed by atoms with Gasteiger partial charge >= 0.3 is 5.97 Å². The first-order valence-electron chi connectivity index (χ1n) is 4.83. The van der Waals surface area contributed by atoms with E-state index in [2.05, 4.69) is 9.97 Å². The van der Waals surface area contributed by atoms with Crippen molar-refractivity contribution in [3.05, 3.63) is 48.4 Å². The molecule has 0 fully saturated rings. The van der Waals surface area contributed by atoms with E-state index in [0.717, 1.165) is 5.56 Å². The molecule has 2 aromatic rings. The Hall–Kier alpha value is -2.23. The first-order chi connectivity index (χ1) is 7.77. The van der Waals surface area contributed by atoms with Gasteiger partial charge in [0, 0.05) is 17.3 Å². The molecule has 1 aromatic heterocycles. The highest BCUT2D eigenvalue weighted by atomic mass is 16.4. The van der Waals surface area contributed by atoms with Crippen LogP contribution in [0.3, 0.4) is 0 Å². The number of carboxylic acids is 1. The van der Waals surface area contributed by atoms with Crippen LogP contribution in [0.1, 0.15) is 5.56 Å². The van der Waals surface area contributed by atoms with Crippen LogP contribution in [0.25, 0.3) is 11.3 Å². The Balaban J connectivity index is 2.44. The second-order valence-corrected chi connectivity index (χ2v) is 3.33. The quantitative estimate of drug-likeness (QED) is 0.845. The molecule has 0 aliphatic carbocycles. The number of aromatic nitrogens is 2. The van der Waals surface area contributed by atoms with Gasteiger partial charge in [-0.25, -0.2) is 9.97 Å². The van der Waals surface area contributed by atoms with Gasteiger partial charge in [-0.3, -0.25) is 4.79 Å². The van der Waals surface area contributed by atoms with Crippen LogP contribution in [0.4, 0.5) is 0 Å². The molecular weight excluding hydrogens is 204 g/mol. The van der Waals surface area contributed by atoms with E-state index in [1.807, 2.05) is 30.3 Å². The molecular formula is C12H10N2O2. The van der Waals surface area contributed by atoms with E-state index < -0.39 is 5.97 Å². The lowest BCUT2D eigenvalue weighted by Crippen LogP contribution is -2.03. The standard InChI is InChI=1S/C12H10N2O2/c15-11(16)6-10-7-13-8-14-12(10)9-4-2-1-3-5-9/h1-5,7-8H,6H2,(H,15,16). The summed E-state index contributed by atoms with van der Waals surface area (Å²) in [5, 5.41) is 8.78. The van der Waals surface area contributed by atoms with Crippen molar-refractivity contribution in [1.82, 2.24) is 9.97 Å². The molecule has 1 heterocycles. The Bertz CT molecular complexity index is 497. The third kappa shape index (κ3) is 2.23. The number of benzene rings is 1. The van der Waals surface area contributed by atoms with Gasteiger partial charge in [0.25, 0.3) is 0 Å². The van der Waals surface area contributed by atoms with Crippen molar-refractivity contribution in [1.29, 1.82) is 0 Å².